The van der Waals surface area contributed by atoms with Crippen molar-refractivity contribution in [3.8, 4) is 0 Å². The Morgan fingerprint density at radius 2 is 0.843 bits per heavy atom. The van der Waals surface area contributed by atoms with Crippen LogP contribution in [0.1, 0.15) is 47.0 Å². The molecule has 10 nitrogen and oxygen atoms in total. The van der Waals surface area contributed by atoms with Gasteiger partial charge in [0.1, 0.15) is 18.8 Å². The fourth-order valence-corrected chi connectivity index (χ4v) is 5.43. The summed E-state index contributed by atoms with van der Waals surface area (Å²) >= 11 is 0. The predicted octanol–water partition coefficient (Wildman–Crippen LogP) is 6.46. The average molecular weight is 687 g/mol. The van der Waals surface area contributed by atoms with Gasteiger partial charge in [0.15, 0.2) is 12.2 Å². The molecule has 0 aromatic heterocycles. The Bertz CT molecular complexity index is 1890. The lowest BCUT2D eigenvalue weighted by atomic mass is 9.97. The molecule has 0 saturated carbocycles. The van der Waals surface area contributed by atoms with Crippen LogP contribution in [0.3, 0.4) is 0 Å². The highest BCUT2D eigenvalue weighted by atomic mass is 16.7. The van der Waals surface area contributed by atoms with E-state index in [0.717, 1.165) is 5.56 Å². The van der Waals surface area contributed by atoms with Crippen molar-refractivity contribution in [1.82, 2.24) is 0 Å². The summed E-state index contributed by atoms with van der Waals surface area (Å²) < 4.78 is 36.4. The lowest BCUT2D eigenvalue weighted by molar-refractivity contribution is -0.292. The van der Waals surface area contributed by atoms with E-state index in [1.807, 2.05) is 30.3 Å². The quantitative estimate of drug-likeness (QED) is 0.107. The third-order valence-corrected chi connectivity index (χ3v) is 8.00. The monoisotopic (exact) mass is 686 g/mol. The van der Waals surface area contributed by atoms with Crippen molar-refractivity contribution in [3.63, 3.8) is 0 Å². The third kappa shape index (κ3) is 9.13. The standard InChI is InChI=1S/C41H34O10/c42-37(29-18-8-2-9-19-29)47-27-33-34(49-38(43)30-20-10-3-11-21-30)35(46-26-28-16-6-1-7-17-28)36(50-39(44)31-22-12-4-13-23-31)41(48-33)51-40(45)32-24-14-5-15-25-32/h1-25,33-36,41H,26-27H2/t33-,34-,35+,36-,41+/m1/s1. The number of hydrogen-bond acceptors (Lipinski definition) is 10. The lowest BCUT2D eigenvalue weighted by Crippen LogP contribution is -2.63. The fourth-order valence-electron chi connectivity index (χ4n) is 5.43. The summed E-state index contributed by atoms with van der Waals surface area (Å²) in [5.41, 5.74) is 1.69. The van der Waals surface area contributed by atoms with Crippen LogP contribution in [0, 0.1) is 0 Å². The van der Waals surface area contributed by atoms with Crippen molar-refractivity contribution >= 4 is 23.9 Å². The van der Waals surface area contributed by atoms with Gasteiger partial charge >= 0.3 is 23.9 Å². The zero-order valence-corrected chi connectivity index (χ0v) is 27.3. The van der Waals surface area contributed by atoms with Gasteiger partial charge in [0, 0.05) is 0 Å². The van der Waals surface area contributed by atoms with Crippen LogP contribution >= 0.6 is 0 Å². The zero-order chi connectivity index (χ0) is 35.4. The molecule has 1 heterocycles. The summed E-state index contributed by atoms with van der Waals surface area (Å²) in [6.45, 7) is -0.454. The molecule has 0 bridgehead atoms. The van der Waals surface area contributed by atoms with Crippen molar-refractivity contribution in [3.05, 3.63) is 179 Å². The SMILES string of the molecule is O=C(OC[C@H]1O[C@@H](OC(=O)c2ccccc2)[C@H](OC(=O)c2ccccc2)[C@@H](OCc2ccccc2)[C@@H]1OC(=O)c1ccccc1)c1ccccc1. The van der Waals surface area contributed by atoms with Crippen molar-refractivity contribution < 1.29 is 47.6 Å². The van der Waals surface area contributed by atoms with E-state index in [4.69, 9.17) is 28.4 Å². The second-order valence-electron chi connectivity index (χ2n) is 11.5. The van der Waals surface area contributed by atoms with Crippen LogP contribution in [0.15, 0.2) is 152 Å². The summed E-state index contributed by atoms with van der Waals surface area (Å²) in [5, 5.41) is 0. The van der Waals surface area contributed by atoms with E-state index in [9.17, 15) is 19.2 Å². The molecule has 5 atom stereocenters. The minimum Gasteiger partial charge on any atom is -0.459 e. The number of ether oxygens (including phenoxy) is 6. The number of carbonyl (C=O) groups excluding carboxylic acids is 4. The lowest BCUT2D eigenvalue weighted by Gasteiger charge is -2.44. The van der Waals surface area contributed by atoms with Gasteiger partial charge in [-0.25, -0.2) is 19.2 Å². The van der Waals surface area contributed by atoms with Gasteiger partial charge in [0.05, 0.1) is 28.9 Å². The number of hydrogen-bond donors (Lipinski definition) is 0. The highest BCUT2D eigenvalue weighted by molar-refractivity contribution is 5.91. The normalized spacial score (nSPS) is 19.6. The molecule has 0 aliphatic carbocycles. The smallest absolute Gasteiger partial charge is 0.340 e. The van der Waals surface area contributed by atoms with Gasteiger partial charge in [-0.3, -0.25) is 0 Å². The second kappa shape index (κ2) is 17.0. The van der Waals surface area contributed by atoms with E-state index < -0.39 is 61.2 Å². The summed E-state index contributed by atoms with van der Waals surface area (Å²) in [7, 11) is 0. The topological polar surface area (TPSA) is 124 Å². The predicted molar refractivity (Wildman–Crippen MR) is 184 cm³/mol. The van der Waals surface area contributed by atoms with Crippen LogP contribution in [0.5, 0.6) is 0 Å². The van der Waals surface area contributed by atoms with Crippen molar-refractivity contribution in [1.29, 1.82) is 0 Å². The minimum absolute atomic E-state index is 0.0137. The largest absolute Gasteiger partial charge is 0.459 e. The minimum atomic E-state index is -1.58. The summed E-state index contributed by atoms with van der Waals surface area (Å²) in [6, 6.07) is 42.2. The molecule has 0 N–H and O–H groups in total. The van der Waals surface area contributed by atoms with E-state index in [1.165, 1.54) is 0 Å². The van der Waals surface area contributed by atoms with Crippen LogP contribution in [0.2, 0.25) is 0 Å². The molecule has 258 valence electrons. The van der Waals surface area contributed by atoms with E-state index in [0.29, 0.717) is 0 Å². The van der Waals surface area contributed by atoms with Crippen LogP contribution in [0.4, 0.5) is 0 Å². The molecule has 51 heavy (non-hydrogen) atoms. The first-order chi connectivity index (χ1) is 25.0. The van der Waals surface area contributed by atoms with Crippen LogP contribution in [0.25, 0.3) is 0 Å². The highest BCUT2D eigenvalue weighted by Gasteiger charge is 2.53. The number of esters is 4. The van der Waals surface area contributed by atoms with Crippen molar-refractivity contribution in [2.45, 2.75) is 37.3 Å². The molecule has 1 aliphatic heterocycles. The molecule has 1 saturated heterocycles. The Morgan fingerprint density at radius 1 is 0.451 bits per heavy atom. The maximum atomic E-state index is 13.6. The van der Waals surface area contributed by atoms with Gasteiger partial charge < -0.3 is 28.4 Å². The first-order valence-corrected chi connectivity index (χ1v) is 16.3. The summed E-state index contributed by atoms with van der Waals surface area (Å²) in [5.74, 6) is -2.93. The van der Waals surface area contributed by atoms with Gasteiger partial charge in [-0.15, -0.1) is 0 Å². The molecular formula is C41H34O10. The highest BCUT2D eigenvalue weighted by Crippen LogP contribution is 2.32. The first-order valence-electron chi connectivity index (χ1n) is 16.3. The molecule has 6 rings (SSSR count). The third-order valence-electron chi connectivity index (χ3n) is 8.00. The summed E-state index contributed by atoms with van der Waals surface area (Å²) in [6.07, 6.45) is -6.90. The second-order valence-corrected chi connectivity index (χ2v) is 11.5. The molecule has 0 spiro atoms. The molecule has 0 radical (unpaired) electrons. The van der Waals surface area contributed by atoms with E-state index in [1.54, 1.807) is 121 Å². The van der Waals surface area contributed by atoms with Gasteiger partial charge in [-0.2, -0.15) is 0 Å². The van der Waals surface area contributed by atoms with Crippen molar-refractivity contribution in [2.24, 2.45) is 0 Å². The maximum absolute atomic E-state index is 13.6. The van der Waals surface area contributed by atoms with E-state index >= 15 is 0 Å². The van der Waals surface area contributed by atoms with E-state index in [-0.39, 0.29) is 28.9 Å². The van der Waals surface area contributed by atoms with Gasteiger partial charge in [0.25, 0.3) is 0 Å². The zero-order valence-electron chi connectivity index (χ0n) is 27.3. The van der Waals surface area contributed by atoms with Crippen LogP contribution < -0.4 is 0 Å². The van der Waals surface area contributed by atoms with Gasteiger partial charge in [0.2, 0.25) is 6.29 Å². The number of rotatable bonds is 12. The maximum Gasteiger partial charge on any atom is 0.340 e. The Hall–Kier alpha value is -6.10. The Morgan fingerprint density at radius 3 is 1.31 bits per heavy atom. The van der Waals surface area contributed by atoms with Gasteiger partial charge in [-0.1, -0.05) is 103 Å². The molecular weight excluding hydrogens is 652 g/mol. The molecule has 5 aromatic carbocycles. The Balaban J connectivity index is 1.39. The summed E-state index contributed by atoms with van der Waals surface area (Å²) in [4.78, 5) is 53.7. The average Bonchev–Trinajstić information content (AvgIpc) is 3.19. The first kappa shape index (κ1) is 34.8. The Kier molecular flexibility index (Phi) is 11.6. The fraction of sp³-hybridized carbons (Fsp3) is 0.171. The molecule has 0 unspecified atom stereocenters. The van der Waals surface area contributed by atoms with Gasteiger partial charge in [-0.05, 0) is 54.1 Å². The Labute approximate surface area is 294 Å². The van der Waals surface area contributed by atoms with Crippen molar-refractivity contribution in [2.75, 3.05) is 6.61 Å². The van der Waals surface area contributed by atoms with Crippen LogP contribution in [-0.4, -0.2) is 61.2 Å². The molecule has 1 aliphatic rings. The molecule has 1 fully saturated rings. The molecule has 0 amide bonds. The van der Waals surface area contributed by atoms with E-state index in [2.05, 4.69) is 0 Å². The number of carbonyl (C=O) groups is 4. The number of benzene rings is 5. The molecule has 10 heteroatoms. The molecule has 5 aromatic rings. The van der Waals surface area contributed by atoms with Crippen LogP contribution in [-0.2, 0) is 35.0 Å².